The van der Waals surface area contributed by atoms with Crippen molar-refractivity contribution in [3.05, 3.63) is 42.5 Å². The second kappa shape index (κ2) is 8.49. The highest BCUT2D eigenvalue weighted by Gasteiger charge is 2.42. The van der Waals surface area contributed by atoms with Crippen LogP contribution in [0.25, 0.3) is 0 Å². The Kier molecular flexibility index (Phi) is 6.35. The highest BCUT2D eigenvalue weighted by molar-refractivity contribution is 6.73. The maximum absolute atomic E-state index is 9.91. The van der Waals surface area contributed by atoms with E-state index in [1.807, 2.05) is 0 Å². The molecule has 2 heteroatoms. The number of benzene rings is 1. The molecule has 1 nitrogen and oxygen atoms in total. The van der Waals surface area contributed by atoms with Crippen LogP contribution >= 0.6 is 0 Å². The average molecular weight is 342 g/mol. The summed E-state index contributed by atoms with van der Waals surface area (Å²) in [7, 11) is -0.342. The number of hydrogen-bond donors (Lipinski definition) is 1. The first kappa shape index (κ1) is 17.9. The molecule has 1 aliphatic heterocycles. The van der Waals surface area contributed by atoms with E-state index in [0.717, 1.165) is 18.8 Å². The van der Waals surface area contributed by atoms with Gasteiger partial charge in [0.15, 0.2) is 0 Å². The van der Waals surface area contributed by atoms with Gasteiger partial charge in [-0.3, -0.25) is 0 Å². The van der Waals surface area contributed by atoms with Crippen molar-refractivity contribution in [3.8, 4) is 0 Å². The zero-order valence-electron chi connectivity index (χ0n) is 15.2. The largest absolute Gasteiger partial charge is 0.393 e. The number of allylic oxidation sites excluding steroid dienone is 2. The molecule has 1 aromatic carbocycles. The predicted molar refractivity (Wildman–Crippen MR) is 105 cm³/mol. The fraction of sp³-hybridized carbons (Fsp3) is 0.636. The number of rotatable bonds is 5. The van der Waals surface area contributed by atoms with Gasteiger partial charge in [-0.05, 0) is 69.6 Å². The maximum Gasteiger partial charge on any atom is 0.0856 e. The second-order valence-electron chi connectivity index (χ2n) is 7.95. The average Bonchev–Trinajstić information content (AvgIpc) is 2.64. The first-order chi connectivity index (χ1) is 11.7. The van der Waals surface area contributed by atoms with Gasteiger partial charge in [-0.2, -0.15) is 0 Å². The van der Waals surface area contributed by atoms with Gasteiger partial charge in [0.25, 0.3) is 0 Å². The normalized spacial score (nSPS) is 28.2. The molecule has 1 N–H and O–H groups in total. The van der Waals surface area contributed by atoms with Crippen LogP contribution in [0.1, 0.15) is 58.3 Å². The fourth-order valence-corrected chi connectivity index (χ4v) is 8.19. The van der Waals surface area contributed by atoms with E-state index in [9.17, 15) is 5.11 Å². The Hall–Kier alpha value is -0.863. The minimum absolute atomic E-state index is 0.0265. The molecule has 1 radical (unpaired) electrons. The molecule has 24 heavy (non-hydrogen) atoms. The zero-order valence-corrected chi connectivity index (χ0v) is 16.2. The van der Waals surface area contributed by atoms with Crippen LogP contribution in [0.3, 0.4) is 0 Å². The standard InChI is InChI=1S/C22H33OSi/c1-2-3-7-14-22(19-10-12-20(23)13-11-19)15-17-24(18-16-22)21-8-5-4-6-9-21/h2-6,8-9,19-20,23H,7,10-18H2,1H3/b3-2+. The Bertz CT molecular complexity index is 508. The van der Waals surface area contributed by atoms with E-state index in [1.54, 1.807) is 5.19 Å². The molecule has 0 amide bonds. The topological polar surface area (TPSA) is 20.2 Å². The molecule has 2 aliphatic rings. The zero-order chi connectivity index (χ0) is 16.8. The second-order valence-corrected chi connectivity index (χ2v) is 10.7. The summed E-state index contributed by atoms with van der Waals surface area (Å²) in [6, 6.07) is 14.2. The lowest BCUT2D eigenvalue weighted by molar-refractivity contribution is 0.0362. The van der Waals surface area contributed by atoms with Crippen molar-refractivity contribution in [1.29, 1.82) is 0 Å². The van der Waals surface area contributed by atoms with Crippen LogP contribution in [-0.4, -0.2) is 20.0 Å². The summed E-state index contributed by atoms with van der Waals surface area (Å²) < 4.78 is 0. The Morgan fingerprint density at radius 1 is 1.08 bits per heavy atom. The lowest BCUT2D eigenvalue weighted by Gasteiger charge is -2.48. The van der Waals surface area contributed by atoms with Crippen molar-refractivity contribution in [2.75, 3.05) is 0 Å². The number of aliphatic hydroxyl groups excluding tert-OH is 1. The van der Waals surface area contributed by atoms with Gasteiger partial charge in [-0.25, -0.2) is 0 Å². The summed E-state index contributed by atoms with van der Waals surface area (Å²) in [6.45, 7) is 2.14. The Labute approximate surface area is 149 Å². The smallest absolute Gasteiger partial charge is 0.0856 e. The molecule has 1 aromatic rings. The first-order valence-electron chi connectivity index (χ1n) is 9.93. The first-order valence-corrected chi connectivity index (χ1v) is 11.8. The van der Waals surface area contributed by atoms with Gasteiger partial charge >= 0.3 is 0 Å². The number of aliphatic hydroxyl groups is 1. The van der Waals surface area contributed by atoms with Crippen molar-refractivity contribution in [1.82, 2.24) is 0 Å². The molecule has 1 saturated carbocycles. The fourth-order valence-electron chi connectivity index (χ4n) is 5.10. The molecule has 0 aromatic heterocycles. The molecule has 1 saturated heterocycles. The van der Waals surface area contributed by atoms with Crippen LogP contribution in [0.2, 0.25) is 12.1 Å². The van der Waals surface area contributed by atoms with E-state index in [4.69, 9.17) is 0 Å². The summed E-state index contributed by atoms with van der Waals surface area (Å²) in [5.41, 5.74) is 0.558. The summed E-state index contributed by atoms with van der Waals surface area (Å²) in [5, 5.41) is 11.6. The molecule has 0 unspecified atom stereocenters. The van der Waals surface area contributed by atoms with Crippen LogP contribution in [0.4, 0.5) is 0 Å². The van der Waals surface area contributed by atoms with Gasteiger partial charge in [0.05, 0.1) is 14.9 Å². The predicted octanol–water partition coefficient (Wildman–Crippen LogP) is 5.08. The third-order valence-corrected chi connectivity index (χ3v) is 9.50. The lowest BCUT2D eigenvalue weighted by atomic mass is 9.63. The Morgan fingerprint density at radius 3 is 2.38 bits per heavy atom. The van der Waals surface area contributed by atoms with E-state index in [0.29, 0.717) is 5.41 Å². The minimum atomic E-state index is -0.342. The Balaban J connectivity index is 1.68. The van der Waals surface area contributed by atoms with Crippen molar-refractivity contribution in [3.63, 3.8) is 0 Å². The van der Waals surface area contributed by atoms with Crippen molar-refractivity contribution < 1.29 is 5.11 Å². The monoisotopic (exact) mass is 341 g/mol. The number of hydrogen-bond acceptors (Lipinski definition) is 1. The molecule has 0 atom stereocenters. The molecule has 2 fully saturated rings. The van der Waals surface area contributed by atoms with E-state index >= 15 is 0 Å². The quantitative estimate of drug-likeness (QED) is 0.585. The van der Waals surface area contributed by atoms with Crippen molar-refractivity contribution >= 4 is 14.0 Å². The van der Waals surface area contributed by atoms with Crippen LogP contribution in [-0.2, 0) is 0 Å². The van der Waals surface area contributed by atoms with Crippen LogP contribution in [0.15, 0.2) is 42.5 Å². The van der Waals surface area contributed by atoms with Gasteiger partial charge in [0.2, 0.25) is 0 Å². The molecular formula is C22H33OSi. The van der Waals surface area contributed by atoms with Crippen LogP contribution in [0, 0.1) is 11.3 Å². The molecule has 0 bridgehead atoms. The van der Waals surface area contributed by atoms with E-state index in [2.05, 4.69) is 49.4 Å². The highest BCUT2D eigenvalue weighted by atomic mass is 28.3. The molecule has 131 valence electrons. The SMILES string of the molecule is C/C=C/CCC1(C2CCC(O)CC2)CC[Si](c2ccccc2)CC1. The van der Waals surface area contributed by atoms with Gasteiger partial charge < -0.3 is 5.11 Å². The molecule has 0 spiro atoms. The van der Waals surface area contributed by atoms with E-state index in [1.165, 1.54) is 50.6 Å². The van der Waals surface area contributed by atoms with E-state index in [-0.39, 0.29) is 14.9 Å². The van der Waals surface area contributed by atoms with Gasteiger partial charge in [-0.1, -0.05) is 59.8 Å². The van der Waals surface area contributed by atoms with Crippen molar-refractivity contribution in [2.45, 2.75) is 76.5 Å². The summed E-state index contributed by atoms with van der Waals surface area (Å²) in [6.07, 6.45) is 14.6. The molecule has 3 rings (SSSR count). The molecular weight excluding hydrogens is 308 g/mol. The Morgan fingerprint density at radius 2 is 1.75 bits per heavy atom. The maximum atomic E-state index is 9.91. The third kappa shape index (κ3) is 4.21. The lowest BCUT2D eigenvalue weighted by Crippen LogP contribution is -2.43. The molecule has 1 aliphatic carbocycles. The van der Waals surface area contributed by atoms with Crippen molar-refractivity contribution in [2.24, 2.45) is 11.3 Å². The third-order valence-electron chi connectivity index (χ3n) is 6.64. The van der Waals surface area contributed by atoms with E-state index < -0.39 is 0 Å². The van der Waals surface area contributed by atoms with Crippen LogP contribution < -0.4 is 5.19 Å². The highest BCUT2D eigenvalue weighted by Crippen LogP contribution is 2.51. The summed E-state index contributed by atoms with van der Waals surface area (Å²) in [5.74, 6) is 0.852. The van der Waals surface area contributed by atoms with Gasteiger partial charge in [-0.15, -0.1) is 0 Å². The van der Waals surface area contributed by atoms with Crippen LogP contribution in [0.5, 0.6) is 0 Å². The summed E-state index contributed by atoms with van der Waals surface area (Å²) >= 11 is 0. The van der Waals surface area contributed by atoms with Gasteiger partial charge in [0.1, 0.15) is 0 Å². The van der Waals surface area contributed by atoms with Gasteiger partial charge in [0, 0.05) is 0 Å². The minimum Gasteiger partial charge on any atom is -0.393 e. The summed E-state index contributed by atoms with van der Waals surface area (Å²) in [4.78, 5) is 0. The molecule has 1 heterocycles.